The zero-order valence-corrected chi connectivity index (χ0v) is 14.7. The molecular weight excluding hydrogens is 304 g/mol. The highest BCUT2D eigenvalue weighted by molar-refractivity contribution is 5.83. The van der Waals surface area contributed by atoms with Crippen LogP contribution in [0.5, 0.6) is 0 Å². The van der Waals surface area contributed by atoms with Gasteiger partial charge in [0.2, 0.25) is 5.91 Å². The van der Waals surface area contributed by atoms with E-state index in [1.165, 1.54) is 6.42 Å². The fourth-order valence-corrected chi connectivity index (χ4v) is 2.93. The van der Waals surface area contributed by atoms with Crippen molar-refractivity contribution in [3.05, 3.63) is 30.1 Å². The van der Waals surface area contributed by atoms with Gasteiger partial charge in [-0.15, -0.1) is 0 Å². The normalized spacial score (nSPS) is 17.4. The maximum absolute atomic E-state index is 12.2. The highest BCUT2D eigenvalue weighted by atomic mass is 16.2. The summed E-state index contributed by atoms with van der Waals surface area (Å²) in [7, 11) is 1.76. The Morgan fingerprint density at radius 1 is 1.42 bits per heavy atom. The van der Waals surface area contributed by atoms with E-state index in [1.807, 2.05) is 23.1 Å². The average Bonchev–Trinajstić information content (AvgIpc) is 2.64. The lowest BCUT2D eigenvalue weighted by Crippen LogP contribution is -2.48. The van der Waals surface area contributed by atoms with Crippen LogP contribution in [0.25, 0.3) is 0 Å². The molecule has 0 aromatic carbocycles. The quantitative estimate of drug-likeness (QED) is 0.865. The fraction of sp³-hybridized carbons (Fsp3) is 0.611. The van der Waals surface area contributed by atoms with E-state index < -0.39 is 0 Å². The van der Waals surface area contributed by atoms with Crippen molar-refractivity contribution in [2.75, 3.05) is 33.2 Å². The number of amides is 3. The summed E-state index contributed by atoms with van der Waals surface area (Å²) in [5, 5.41) is 2.76. The molecule has 3 amide bonds. The third kappa shape index (κ3) is 5.51. The lowest BCUT2D eigenvalue weighted by atomic mass is 9.96. The van der Waals surface area contributed by atoms with Gasteiger partial charge in [0, 0.05) is 45.0 Å². The van der Waals surface area contributed by atoms with Gasteiger partial charge in [0.25, 0.3) is 0 Å². The first kappa shape index (κ1) is 18.2. The van der Waals surface area contributed by atoms with Crippen LogP contribution in [-0.4, -0.2) is 59.9 Å². The molecule has 132 valence electrons. The van der Waals surface area contributed by atoms with E-state index in [-0.39, 0.29) is 18.5 Å². The van der Waals surface area contributed by atoms with Crippen LogP contribution in [0.4, 0.5) is 4.79 Å². The smallest absolute Gasteiger partial charge is 0.317 e. The van der Waals surface area contributed by atoms with Crippen LogP contribution in [0.2, 0.25) is 0 Å². The summed E-state index contributed by atoms with van der Waals surface area (Å²) in [5.41, 5.74) is 0.958. The van der Waals surface area contributed by atoms with Crippen LogP contribution in [0.3, 0.4) is 0 Å². The Kier molecular flexibility index (Phi) is 7.03. The minimum Gasteiger partial charge on any atom is -0.344 e. The Morgan fingerprint density at radius 3 is 2.96 bits per heavy atom. The minimum atomic E-state index is -0.125. The summed E-state index contributed by atoms with van der Waals surface area (Å²) in [4.78, 5) is 32.1. The molecule has 1 aromatic rings. The molecule has 1 fully saturated rings. The molecule has 0 saturated carbocycles. The van der Waals surface area contributed by atoms with E-state index in [1.54, 1.807) is 18.1 Å². The molecule has 1 atom stereocenters. The molecule has 0 spiro atoms. The van der Waals surface area contributed by atoms with Gasteiger partial charge in [-0.05, 0) is 30.9 Å². The van der Waals surface area contributed by atoms with Crippen molar-refractivity contribution in [1.29, 1.82) is 0 Å². The summed E-state index contributed by atoms with van der Waals surface area (Å²) in [6.45, 7) is 4.38. The summed E-state index contributed by atoms with van der Waals surface area (Å²) in [6.07, 6.45) is 5.79. The molecule has 0 unspecified atom stereocenters. The van der Waals surface area contributed by atoms with Gasteiger partial charge in [0.05, 0.1) is 6.54 Å². The number of carbonyl (C=O) groups excluding carboxylic acids is 2. The lowest BCUT2D eigenvalue weighted by molar-refractivity contribution is -0.128. The topological polar surface area (TPSA) is 65.5 Å². The largest absolute Gasteiger partial charge is 0.344 e. The molecule has 0 aliphatic carbocycles. The number of carbonyl (C=O) groups is 2. The van der Waals surface area contributed by atoms with Crippen molar-refractivity contribution >= 4 is 11.9 Å². The number of hydrogen-bond donors (Lipinski definition) is 1. The molecule has 2 rings (SSSR count). The minimum absolute atomic E-state index is 0.0465. The Morgan fingerprint density at radius 2 is 2.25 bits per heavy atom. The molecular formula is C18H28N4O2. The monoisotopic (exact) mass is 332 g/mol. The zero-order chi connectivity index (χ0) is 17.4. The number of urea groups is 1. The number of piperidine rings is 1. The molecule has 2 heterocycles. The van der Waals surface area contributed by atoms with Crippen molar-refractivity contribution in [2.24, 2.45) is 5.92 Å². The van der Waals surface area contributed by atoms with E-state index in [4.69, 9.17) is 0 Å². The van der Waals surface area contributed by atoms with Crippen molar-refractivity contribution < 1.29 is 9.59 Å². The van der Waals surface area contributed by atoms with Gasteiger partial charge in [0.15, 0.2) is 0 Å². The molecule has 0 bridgehead atoms. The van der Waals surface area contributed by atoms with Crippen LogP contribution < -0.4 is 5.32 Å². The second kappa shape index (κ2) is 9.25. The predicted octanol–water partition coefficient (Wildman–Crippen LogP) is 1.91. The van der Waals surface area contributed by atoms with E-state index >= 15 is 0 Å². The first-order valence-electron chi connectivity index (χ1n) is 8.76. The van der Waals surface area contributed by atoms with Gasteiger partial charge >= 0.3 is 6.03 Å². The summed E-state index contributed by atoms with van der Waals surface area (Å²) < 4.78 is 0. The van der Waals surface area contributed by atoms with Gasteiger partial charge in [-0.1, -0.05) is 19.4 Å². The van der Waals surface area contributed by atoms with Gasteiger partial charge in [-0.25, -0.2) is 4.79 Å². The number of pyridine rings is 1. The average molecular weight is 332 g/mol. The lowest BCUT2D eigenvalue weighted by Gasteiger charge is -2.32. The van der Waals surface area contributed by atoms with Crippen LogP contribution >= 0.6 is 0 Å². The SMILES string of the molecule is CC[C@H]1CCCN(C(=O)NCC(=O)N(C)CCc2ccccn2)C1. The molecule has 6 heteroatoms. The van der Waals surface area contributed by atoms with Crippen LogP contribution in [0, 0.1) is 5.92 Å². The standard InChI is InChI=1S/C18H28N4O2/c1-3-15-7-6-11-22(14-15)18(24)20-13-17(23)21(2)12-9-16-8-4-5-10-19-16/h4-5,8,10,15H,3,6-7,9,11-14H2,1-2H3,(H,20,24)/t15-/m0/s1. The van der Waals surface area contributed by atoms with Crippen LogP contribution in [0.15, 0.2) is 24.4 Å². The number of likely N-dealkylation sites (N-methyl/N-ethyl adjacent to an activating group) is 1. The van der Waals surface area contributed by atoms with Gasteiger partial charge in [0.1, 0.15) is 0 Å². The molecule has 6 nitrogen and oxygen atoms in total. The molecule has 24 heavy (non-hydrogen) atoms. The molecule has 1 saturated heterocycles. The van der Waals surface area contributed by atoms with Crippen molar-refractivity contribution in [2.45, 2.75) is 32.6 Å². The number of nitrogens with zero attached hydrogens (tertiary/aromatic N) is 3. The highest BCUT2D eigenvalue weighted by Crippen LogP contribution is 2.18. The zero-order valence-electron chi connectivity index (χ0n) is 14.7. The second-order valence-corrected chi connectivity index (χ2v) is 6.41. The molecule has 1 aliphatic heterocycles. The Labute approximate surface area is 144 Å². The van der Waals surface area contributed by atoms with Gasteiger partial charge in [-0.2, -0.15) is 0 Å². The number of likely N-dealkylation sites (tertiary alicyclic amines) is 1. The highest BCUT2D eigenvalue weighted by Gasteiger charge is 2.23. The predicted molar refractivity (Wildman–Crippen MR) is 93.6 cm³/mol. The Hall–Kier alpha value is -2.11. The van der Waals surface area contributed by atoms with Crippen molar-refractivity contribution in [1.82, 2.24) is 20.1 Å². The number of hydrogen-bond acceptors (Lipinski definition) is 3. The number of aromatic nitrogens is 1. The van der Waals surface area contributed by atoms with Crippen molar-refractivity contribution in [3.8, 4) is 0 Å². The first-order chi connectivity index (χ1) is 11.6. The van der Waals surface area contributed by atoms with Gasteiger partial charge < -0.3 is 15.1 Å². The summed E-state index contributed by atoms with van der Waals surface area (Å²) >= 11 is 0. The Bertz CT molecular complexity index is 535. The molecule has 1 aromatic heterocycles. The van der Waals surface area contributed by atoms with Gasteiger partial charge in [-0.3, -0.25) is 9.78 Å². The summed E-state index contributed by atoms with van der Waals surface area (Å²) in [6, 6.07) is 5.63. The van der Waals surface area contributed by atoms with Crippen molar-refractivity contribution in [3.63, 3.8) is 0 Å². The number of rotatable bonds is 6. The van der Waals surface area contributed by atoms with E-state index in [2.05, 4.69) is 17.2 Å². The second-order valence-electron chi connectivity index (χ2n) is 6.41. The van der Waals surface area contributed by atoms with E-state index in [0.717, 1.165) is 31.6 Å². The van der Waals surface area contributed by atoms with Crippen LogP contribution in [-0.2, 0) is 11.2 Å². The molecule has 0 radical (unpaired) electrons. The number of nitrogens with one attached hydrogen (secondary N) is 1. The van der Waals surface area contributed by atoms with E-state index in [9.17, 15) is 9.59 Å². The van der Waals surface area contributed by atoms with E-state index in [0.29, 0.717) is 18.9 Å². The third-order valence-electron chi connectivity index (χ3n) is 4.63. The molecule has 1 N–H and O–H groups in total. The fourth-order valence-electron chi connectivity index (χ4n) is 2.93. The maximum Gasteiger partial charge on any atom is 0.317 e. The van der Waals surface area contributed by atoms with Crippen LogP contribution in [0.1, 0.15) is 31.9 Å². The maximum atomic E-state index is 12.2. The first-order valence-corrected chi connectivity index (χ1v) is 8.76. The molecule has 1 aliphatic rings. The third-order valence-corrected chi connectivity index (χ3v) is 4.63. The Balaban J connectivity index is 1.70. The summed E-state index contributed by atoms with van der Waals surface area (Å²) in [5.74, 6) is 0.504.